The van der Waals surface area contributed by atoms with Crippen LogP contribution < -0.4 is 10.6 Å². The molecule has 1 aromatic rings. The summed E-state index contributed by atoms with van der Waals surface area (Å²) < 4.78 is 1.03. The molecule has 0 fully saturated rings. The molecule has 1 aromatic carbocycles. The van der Waals surface area contributed by atoms with E-state index in [1.807, 2.05) is 13.0 Å². The van der Waals surface area contributed by atoms with E-state index in [0.29, 0.717) is 6.42 Å². The quantitative estimate of drug-likeness (QED) is 0.907. The van der Waals surface area contributed by atoms with E-state index in [1.165, 1.54) is 0 Å². The number of benzene rings is 1. The van der Waals surface area contributed by atoms with Gasteiger partial charge in [0.05, 0.1) is 12.5 Å². The lowest BCUT2D eigenvalue weighted by atomic mass is 10.1. The predicted octanol–water partition coefficient (Wildman–Crippen LogP) is 3.21. The van der Waals surface area contributed by atoms with Gasteiger partial charge in [0.25, 0.3) is 0 Å². The first-order chi connectivity index (χ1) is 8.10. The number of hydrogen-bond donors (Lipinski definition) is 1. The zero-order chi connectivity index (χ0) is 12.8. The number of rotatable bonds is 5. The van der Waals surface area contributed by atoms with Crippen LogP contribution in [0, 0.1) is 11.3 Å². The van der Waals surface area contributed by atoms with Crippen molar-refractivity contribution in [2.45, 2.75) is 26.3 Å². The van der Waals surface area contributed by atoms with Crippen LogP contribution in [-0.2, 0) is 0 Å². The van der Waals surface area contributed by atoms with Crippen molar-refractivity contribution in [3.8, 4) is 6.07 Å². The molecule has 3 nitrogen and oxygen atoms in total. The molecule has 0 amide bonds. The third-order valence-corrected chi connectivity index (χ3v) is 3.40. The minimum atomic E-state index is 0.0209. The van der Waals surface area contributed by atoms with Crippen molar-refractivity contribution in [1.82, 2.24) is 0 Å². The number of hydrogen-bond acceptors (Lipinski definition) is 3. The van der Waals surface area contributed by atoms with Crippen molar-refractivity contribution in [1.29, 1.82) is 5.26 Å². The Kier molecular flexibility index (Phi) is 5.46. The first-order valence-corrected chi connectivity index (χ1v) is 6.56. The van der Waals surface area contributed by atoms with Crippen LogP contribution in [-0.4, -0.2) is 13.1 Å². The van der Waals surface area contributed by atoms with Crippen LogP contribution in [0.15, 0.2) is 22.7 Å². The highest BCUT2D eigenvalue weighted by atomic mass is 79.9. The topological polar surface area (TPSA) is 53.0 Å². The molecule has 4 heteroatoms. The van der Waals surface area contributed by atoms with Crippen LogP contribution in [0.4, 0.5) is 5.69 Å². The van der Waals surface area contributed by atoms with Gasteiger partial charge in [-0.15, -0.1) is 0 Å². The van der Waals surface area contributed by atoms with Gasteiger partial charge in [0, 0.05) is 29.3 Å². The highest BCUT2D eigenvalue weighted by Crippen LogP contribution is 2.27. The summed E-state index contributed by atoms with van der Waals surface area (Å²) in [4.78, 5) is 2.18. The van der Waals surface area contributed by atoms with Crippen molar-refractivity contribution < 1.29 is 0 Å². The van der Waals surface area contributed by atoms with Crippen molar-refractivity contribution >= 4 is 21.6 Å². The Morgan fingerprint density at radius 2 is 2.24 bits per heavy atom. The number of nitriles is 1. The predicted molar refractivity (Wildman–Crippen MR) is 74.9 cm³/mol. The van der Waals surface area contributed by atoms with Crippen LogP contribution in [0.5, 0.6) is 0 Å². The zero-order valence-corrected chi connectivity index (χ0v) is 11.9. The number of nitrogens with zero attached hydrogens (tertiary/aromatic N) is 2. The highest BCUT2D eigenvalue weighted by molar-refractivity contribution is 9.10. The second-order valence-electron chi connectivity index (χ2n) is 3.98. The smallest absolute Gasteiger partial charge is 0.0640 e. The Balaban J connectivity index is 2.91. The normalized spacial score (nSPS) is 11.9. The fourth-order valence-corrected chi connectivity index (χ4v) is 2.46. The lowest BCUT2D eigenvalue weighted by Crippen LogP contribution is -2.23. The van der Waals surface area contributed by atoms with Crippen molar-refractivity contribution in [3.63, 3.8) is 0 Å². The van der Waals surface area contributed by atoms with Crippen molar-refractivity contribution in [2.24, 2.45) is 5.73 Å². The first kappa shape index (κ1) is 14.0. The van der Waals surface area contributed by atoms with E-state index in [4.69, 9.17) is 11.0 Å². The van der Waals surface area contributed by atoms with E-state index in [1.54, 1.807) is 0 Å². The molecule has 0 unspecified atom stereocenters. The van der Waals surface area contributed by atoms with E-state index in [9.17, 15) is 0 Å². The highest BCUT2D eigenvalue weighted by Gasteiger charge is 2.09. The van der Waals surface area contributed by atoms with E-state index >= 15 is 0 Å². The molecule has 0 spiro atoms. The van der Waals surface area contributed by atoms with Crippen LogP contribution in [0.2, 0.25) is 0 Å². The molecule has 0 heterocycles. The lowest BCUT2D eigenvalue weighted by Gasteiger charge is -2.23. The standard InChI is InChI=1S/C13H18BrN3/c1-3-17(8-4-7-15)11-5-6-12(10(2)16)13(14)9-11/h5-6,9-10H,3-4,8,16H2,1-2H3/t10-/m0/s1. The molecule has 0 radical (unpaired) electrons. The van der Waals surface area contributed by atoms with Crippen LogP contribution >= 0.6 is 15.9 Å². The lowest BCUT2D eigenvalue weighted by molar-refractivity contribution is 0.805. The maximum Gasteiger partial charge on any atom is 0.0640 e. The maximum absolute atomic E-state index is 8.63. The molecule has 0 aliphatic heterocycles. The minimum absolute atomic E-state index is 0.0209. The van der Waals surface area contributed by atoms with Crippen LogP contribution in [0.1, 0.15) is 31.9 Å². The van der Waals surface area contributed by atoms with Crippen molar-refractivity contribution in [2.75, 3.05) is 18.0 Å². The van der Waals surface area contributed by atoms with Crippen LogP contribution in [0.3, 0.4) is 0 Å². The summed E-state index contributed by atoms with van der Waals surface area (Å²) in [5, 5.41) is 8.63. The Hall–Kier alpha value is -1.05. The van der Waals surface area contributed by atoms with E-state index in [0.717, 1.165) is 28.8 Å². The molecule has 0 aliphatic rings. The van der Waals surface area contributed by atoms with Gasteiger partial charge in [-0.2, -0.15) is 5.26 Å². The largest absolute Gasteiger partial charge is 0.371 e. The van der Waals surface area contributed by atoms with Gasteiger partial charge in [0.2, 0.25) is 0 Å². The summed E-state index contributed by atoms with van der Waals surface area (Å²) in [5.74, 6) is 0. The molecular weight excluding hydrogens is 278 g/mol. The second kappa shape index (κ2) is 6.63. The van der Waals surface area contributed by atoms with Gasteiger partial charge >= 0.3 is 0 Å². The van der Waals surface area contributed by atoms with Gasteiger partial charge in [-0.3, -0.25) is 0 Å². The van der Waals surface area contributed by atoms with Crippen LogP contribution in [0.25, 0.3) is 0 Å². The first-order valence-electron chi connectivity index (χ1n) is 5.77. The zero-order valence-electron chi connectivity index (χ0n) is 10.3. The van der Waals surface area contributed by atoms with E-state index in [2.05, 4.69) is 46.0 Å². The second-order valence-corrected chi connectivity index (χ2v) is 4.84. The Bertz CT molecular complexity index is 410. The van der Waals surface area contributed by atoms with Gasteiger partial charge in [-0.25, -0.2) is 0 Å². The molecular formula is C13H18BrN3. The van der Waals surface area contributed by atoms with E-state index in [-0.39, 0.29) is 6.04 Å². The monoisotopic (exact) mass is 295 g/mol. The molecule has 1 atom stereocenters. The average molecular weight is 296 g/mol. The van der Waals surface area contributed by atoms with Gasteiger partial charge in [0.15, 0.2) is 0 Å². The molecule has 0 bridgehead atoms. The summed E-state index contributed by atoms with van der Waals surface area (Å²) in [6.07, 6.45) is 0.542. The number of halogens is 1. The summed E-state index contributed by atoms with van der Waals surface area (Å²) in [5.41, 5.74) is 8.09. The third kappa shape index (κ3) is 3.72. The molecule has 1 rings (SSSR count). The summed E-state index contributed by atoms with van der Waals surface area (Å²) in [7, 11) is 0. The molecule has 0 aromatic heterocycles. The molecule has 92 valence electrons. The van der Waals surface area contributed by atoms with Crippen molar-refractivity contribution in [3.05, 3.63) is 28.2 Å². The summed E-state index contributed by atoms with van der Waals surface area (Å²) >= 11 is 3.54. The van der Waals surface area contributed by atoms with Gasteiger partial charge in [-0.1, -0.05) is 22.0 Å². The van der Waals surface area contributed by atoms with E-state index < -0.39 is 0 Å². The third-order valence-electron chi connectivity index (χ3n) is 2.71. The Morgan fingerprint density at radius 3 is 2.71 bits per heavy atom. The molecule has 0 saturated heterocycles. The summed E-state index contributed by atoms with van der Waals surface area (Å²) in [6.45, 7) is 5.71. The number of anilines is 1. The summed E-state index contributed by atoms with van der Waals surface area (Å²) in [6, 6.07) is 8.36. The van der Waals surface area contributed by atoms with Gasteiger partial charge in [0.1, 0.15) is 0 Å². The fourth-order valence-electron chi connectivity index (χ4n) is 1.74. The van der Waals surface area contributed by atoms with Gasteiger partial charge in [-0.05, 0) is 31.5 Å². The Labute approximate surface area is 111 Å². The van der Waals surface area contributed by atoms with Gasteiger partial charge < -0.3 is 10.6 Å². The maximum atomic E-state index is 8.63. The molecule has 0 aliphatic carbocycles. The molecule has 17 heavy (non-hydrogen) atoms. The fraction of sp³-hybridized carbons (Fsp3) is 0.462. The molecule has 0 saturated carbocycles. The number of nitrogens with two attached hydrogens (primary N) is 1. The average Bonchev–Trinajstić information content (AvgIpc) is 2.29. The SMILES string of the molecule is CCN(CCC#N)c1ccc([C@H](C)N)c(Br)c1. The molecule has 2 N–H and O–H groups in total. The minimum Gasteiger partial charge on any atom is -0.371 e. The Morgan fingerprint density at radius 1 is 1.53 bits per heavy atom.